The van der Waals surface area contributed by atoms with Gasteiger partial charge in [-0.25, -0.2) is 8.78 Å². The second-order valence-electron chi connectivity index (χ2n) is 6.50. The van der Waals surface area contributed by atoms with Gasteiger partial charge in [0.05, 0.1) is 12.3 Å². The molecule has 2 heterocycles. The summed E-state index contributed by atoms with van der Waals surface area (Å²) in [6.07, 6.45) is 5.60. The van der Waals surface area contributed by atoms with Crippen molar-refractivity contribution in [1.82, 2.24) is 15.1 Å². The largest absolute Gasteiger partial charge is 0.373 e. The molecule has 6 heteroatoms. The van der Waals surface area contributed by atoms with E-state index in [0.717, 1.165) is 44.2 Å². The predicted octanol–water partition coefficient (Wildman–Crippen LogP) is 4.00. The van der Waals surface area contributed by atoms with Gasteiger partial charge >= 0.3 is 0 Å². The molecule has 0 unspecified atom stereocenters. The van der Waals surface area contributed by atoms with E-state index in [4.69, 9.17) is 4.74 Å². The van der Waals surface area contributed by atoms with Crippen molar-refractivity contribution in [2.45, 2.75) is 45.4 Å². The van der Waals surface area contributed by atoms with Crippen molar-refractivity contribution in [2.75, 3.05) is 13.2 Å². The van der Waals surface area contributed by atoms with Crippen LogP contribution in [-0.4, -0.2) is 22.9 Å². The summed E-state index contributed by atoms with van der Waals surface area (Å²) in [5.41, 5.74) is 1.60. The first kappa shape index (κ1) is 18.0. The summed E-state index contributed by atoms with van der Waals surface area (Å²) >= 11 is 0. The molecule has 1 aromatic heterocycles. The van der Waals surface area contributed by atoms with Crippen LogP contribution in [0.1, 0.15) is 50.0 Å². The summed E-state index contributed by atoms with van der Waals surface area (Å²) in [5.74, 6) is -0.733. The smallest absolute Gasteiger partial charge is 0.130 e. The number of hydrogen-bond donors (Lipinski definition) is 1. The molecule has 1 aromatic carbocycles. The summed E-state index contributed by atoms with van der Waals surface area (Å²) in [6, 6.07) is 3.64. The minimum absolute atomic E-state index is 0.0170. The Morgan fingerprint density at radius 2 is 2.20 bits per heavy atom. The zero-order valence-electron chi connectivity index (χ0n) is 14.7. The molecule has 2 aromatic rings. The summed E-state index contributed by atoms with van der Waals surface area (Å²) in [7, 11) is 0. The average Bonchev–Trinajstić information content (AvgIpc) is 3.25. The molecule has 3 rings (SSSR count). The minimum atomic E-state index is -0.548. The standard InChI is InChI=1S/C19H25F2N3O/c1-3-18(16-6-5-15(20)9-17(16)21)22-10-13-7-8-25-19(13)14-11-23-24(4-2)12-14/h5-6,9,11-13,18-19,22H,3-4,7-8,10H2,1-2H3/t13-,18-,19+/m0/s1. The number of hydrogen-bond acceptors (Lipinski definition) is 3. The molecule has 1 fully saturated rings. The van der Waals surface area contributed by atoms with Gasteiger partial charge in [-0.3, -0.25) is 4.68 Å². The maximum atomic E-state index is 14.1. The molecule has 136 valence electrons. The maximum absolute atomic E-state index is 14.1. The fraction of sp³-hybridized carbons (Fsp3) is 0.526. The van der Waals surface area contributed by atoms with E-state index in [1.54, 1.807) is 0 Å². The highest BCUT2D eigenvalue weighted by molar-refractivity contribution is 5.22. The molecule has 4 nitrogen and oxygen atoms in total. The number of aromatic nitrogens is 2. The van der Waals surface area contributed by atoms with Crippen LogP contribution in [0, 0.1) is 17.6 Å². The summed E-state index contributed by atoms with van der Waals surface area (Å²) in [4.78, 5) is 0. The van der Waals surface area contributed by atoms with Gasteiger partial charge in [0, 0.05) is 55.0 Å². The van der Waals surface area contributed by atoms with Crippen LogP contribution in [0.15, 0.2) is 30.6 Å². The van der Waals surface area contributed by atoms with Crippen LogP contribution in [-0.2, 0) is 11.3 Å². The molecule has 0 aliphatic carbocycles. The van der Waals surface area contributed by atoms with Crippen molar-refractivity contribution in [1.29, 1.82) is 0 Å². The van der Waals surface area contributed by atoms with Gasteiger partial charge in [-0.15, -0.1) is 0 Å². The third-order valence-corrected chi connectivity index (χ3v) is 4.89. The Kier molecular flexibility index (Phi) is 5.81. The van der Waals surface area contributed by atoms with Gasteiger partial charge in [-0.2, -0.15) is 5.10 Å². The normalized spacial score (nSPS) is 21.6. The number of ether oxygens (including phenoxy) is 1. The Morgan fingerprint density at radius 1 is 1.36 bits per heavy atom. The second kappa shape index (κ2) is 8.06. The molecule has 1 N–H and O–H groups in total. The molecule has 1 saturated heterocycles. The lowest BCUT2D eigenvalue weighted by molar-refractivity contribution is 0.0896. The van der Waals surface area contributed by atoms with E-state index in [2.05, 4.69) is 17.3 Å². The molecule has 1 aliphatic rings. The lowest BCUT2D eigenvalue weighted by atomic mass is 9.96. The van der Waals surface area contributed by atoms with Crippen LogP contribution < -0.4 is 5.32 Å². The molecular weight excluding hydrogens is 324 g/mol. The van der Waals surface area contributed by atoms with Crippen LogP contribution in [0.2, 0.25) is 0 Å². The number of benzene rings is 1. The molecule has 0 amide bonds. The van der Waals surface area contributed by atoms with E-state index in [1.165, 1.54) is 12.1 Å². The molecule has 25 heavy (non-hydrogen) atoms. The van der Waals surface area contributed by atoms with Gasteiger partial charge in [0.25, 0.3) is 0 Å². The van der Waals surface area contributed by atoms with Crippen molar-refractivity contribution in [3.63, 3.8) is 0 Å². The van der Waals surface area contributed by atoms with Gasteiger partial charge in [-0.05, 0) is 25.8 Å². The molecule has 0 spiro atoms. The number of aryl methyl sites for hydroxylation is 1. The first-order valence-electron chi connectivity index (χ1n) is 8.94. The highest BCUT2D eigenvalue weighted by Gasteiger charge is 2.31. The van der Waals surface area contributed by atoms with Crippen LogP contribution in [0.5, 0.6) is 0 Å². The fourth-order valence-corrected chi connectivity index (χ4v) is 3.46. The van der Waals surface area contributed by atoms with Crippen LogP contribution in [0.25, 0.3) is 0 Å². The Labute approximate surface area is 147 Å². The first-order valence-corrected chi connectivity index (χ1v) is 8.94. The van der Waals surface area contributed by atoms with E-state index in [9.17, 15) is 8.78 Å². The molecule has 0 radical (unpaired) electrons. The minimum Gasteiger partial charge on any atom is -0.373 e. The third kappa shape index (κ3) is 4.07. The molecule has 3 atom stereocenters. The van der Waals surface area contributed by atoms with Gasteiger partial charge in [0.1, 0.15) is 11.6 Å². The topological polar surface area (TPSA) is 39.1 Å². The average molecular weight is 349 g/mol. The number of nitrogens with zero attached hydrogens (tertiary/aromatic N) is 2. The number of halogens is 2. The number of rotatable bonds is 7. The highest BCUT2D eigenvalue weighted by Crippen LogP contribution is 2.34. The van der Waals surface area contributed by atoms with Crippen molar-refractivity contribution >= 4 is 0 Å². The van der Waals surface area contributed by atoms with Crippen LogP contribution in [0.4, 0.5) is 8.78 Å². The van der Waals surface area contributed by atoms with Crippen LogP contribution >= 0.6 is 0 Å². The highest BCUT2D eigenvalue weighted by atomic mass is 19.1. The Morgan fingerprint density at radius 3 is 2.88 bits per heavy atom. The van der Waals surface area contributed by atoms with Crippen LogP contribution in [0.3, 0.4) is 0 Å². The van der Waals surface area contributed by atoms with Gasteiger partial charge in [-0.1, -0.05) is 13.0 Å². The quantitative estimate of drug-likeness (QED) is 0.821. The zero-order chi connectivity index (χ0) is 17.8. The van der Waals surface area contributed by atoms with Gasteiger partial charge in [0.2, 0.25) is 0 Å². The molecular formula is C19H25F2N3O. The third-order valence-electron chi connectivity index (χ3n) is 4.89. The summed E-state index contributed by atoms with van der Waals surface area (Å²) in [6.45, 7) is 6.31. The van der Waals surface area contributed by atoms with Crippen molar-refractivity contribution < 1.29 is 13.5 Å². The Bertz CT molecular complexity index is 704. The lowest BCUT2D eigenvalue weighted by Crippen LogP contribution is -2.29. The molecule has 0 bridgehead atoms. The fourth-order valence-electron chi connectivity index (χ4n) is 3.46. The first-order chi connectivity index (χ1) is 12.1. The van der Waals surface area contributed by atoms with Crippen molar-refractivity contribution in [3.05, 3.63) is 53.4 Å². The summed E-state index contributed by atoms with van der Waals surface area (Å²) in [5, 5.41) is 7.76. The predicted molar refractivity (Wildman–Crippen MR) is 92.1 cm³/mol. The van der Waals surface area contributed by atoms with E-state index in [1.807, 2.05) is 24.0 Å². The summed E-state index contributed by atoms with van der Waals surface area (Å²) < 4.78 is 35.0. The van der Waals surface area contributed by atoms with E-state index >= 15 is 0 Å². The molecule has 1 aliphatic heterocycles. The maximum Gasteiger partial charge on any atom is 0.130 e. The van der Waals surface area contributed by atoms with E-state index in [0.29, 0.717) is 11.5 Å². The molecule has 0 saturated carbocycles. The van der Waals surface area contributed by atoms with E-state index < -0.39 is 11.6 Å². The van der Waals surface area contributed by atoms with Crippen molar-refractivity contribution in [3.8, 4) is 0 Å². The SMILES string of the molecule is CC[C@H](NC[C@@H]1CCO[C@H]1c1cnn(CC)c1)c1ccc(F)cc1F. The lowest BCUT2D eigenvalue weighted by Gasteiger charge is -2.23. The van der Waals surface area contributed by atoms with Gasteiger partial charge in [0.15, 0.2) is 0 Å². The zero-order valence-corrected chi connectivity index (χ0v) is 14.7. The van der Waals surface area contributed by atoms with Gasteiger partial charge < -0.3 is 10.1 Å². The second-order valence-corrected chi connectivity index (χ2v) is 6.50. The number of nitrogens with one attached hydrogen (secondary N) is 1. The monoisotopic (exact) mass is 349 g/mol. The van der Waals surface area contributed by atoms with Crippen molar-refractivity contribution in [2.24, 2.45) is 5.92 Å². The Balaban J connectivity index is 1.66. The Hall–Kier alpha value is -1.79. The van der Waals surface area contributed by atoms with E-state index in [-0.39, 0.29) is 12.1 Å².